The summed E-state index contributed by atoms with van der Waals surface area (Å²) in [4.78, 5) is 30.8. The van der Waals surface area contributed by atoms with Gasteiger partial charge in [-0.15, -0.1) is 0 Å². The number of carbonyl (C=O) groups is 3. The highest BCUT2D eigenvalue weighted by molar-refractivity contribution is 5.80. The third-order valence-electron chi connectivity index (χ3n) is 1.23. The molecule has 0 radical (unpaired) electrons. The van der Waals surface area contributed by atoms with Crippen LogP contribution in [0.25, 0.3) is 0 Å². The van der Waals surface area contributed by atoms with Crippen molar-refractivity contribution in [3.63, 3.8) is 0 Å². The molecular formula is C7H11NO5. The van der Waals surface area contributed by atoms with Crippen LogP contribution < -0.4 is 5.32 Å². The van der Waals surface area contributed by atoms with Gasteiger partial charge in [0.1, 0.15) is 0 Å². The number of rotatable bonds is 6. The maximum atomic E-state index is 10.8. The second-order valence-corrected chi connectivity index (χ2v) is 2.39. The molecule has 6 heteroatoms. The first-order valence-corrected chi connectivity index (χ1v) is 3.72. The number of aliphatic carboxylic acids is 2. The van der Waals surface area contributed by atoms with E-state index in [1.54, 1.807) is 0 Å². The van der Waals surface area contributed by atoms with E-state index in [9.17, 15) is 14.4 Å². The summed E-state index contributed by atoms with van der Waals surface area (Å²) in [6.45, 7) is 0.0355. The van der Waals surface area contributed by atoms with E-state index in [2.05, 4.69) is 5.32 Å². The Morgan fingerprint density at radius 1 is 0.923 bits per heavy atom. The minimum atomic E-state index is -1.05. The van der Waals surface area contributed by atoms with E-state index in [-0.39, 0.29) is 25.8 Å². The summed E-state index contributed by atoms with van der Waals surface area (Å²) in [6, 6.07) is 0. The van der Waals surface area contributed by atoms with Gasteiger partial charge in [-0.1, -0.05) is 0 Å². The molecule has 74 valence electrons. The van der Waals surface area contributed by atoms with Crippen LogP contribution in [0, 0.1) is 0 Å². The van der Waals surface area contributed by atoms with Gasteiger partial charge in [-0.05, 0) is 0 Å². The SMILES string of the molecule is O=C(O)CCNC(=O)CCC(=O)O. The lowest BCUT2D eigenvalue weighted by Gasteiger charge is -2.00. The number of carboxylic acids is 2. The molecule has 0 aromatic carbocycles. The fourth-order valence-electron chi connectivity index (χ4n) is 0.618. The van der Waals surface area contributed by atoms with Gasteiger partial charge in [0.05, 0.1) is 12.8 Å². The highest BCUT2D eigenvalue weighted by atomic mass is 16.4. The van der Waals surface area contributed by atoms with Crippen molar-refractivity contribution >= 4 is 17.8 Å². The molecule has 0 fully saturated rings. The average Bonchev–Trinajstić information content (AvgIpc) is 2.00. The Hall–Kier alpha value is -1.59. The van der Waals surface area contributed by atoms with Crippen molar-refractivity contribution in [1.29, 1.82) is 0 Å². The van der Waals surface area contributed by atoms with Crippen molar-refractivity contribution < 1.29 is 24.6 Å². The molecule has 0 saturated heterocycles. The Labute approximate surface area is 74.6 Å². The minimum Gasteiger partial charge on any atom is -0.481 e. The summed E-state index contributed by atoms with van der Waals surface area (Å²) >= 11 is 0. The Morgan fingerprint density at radius 2 is 1.46 bits per heavy atom. The molecule has 3 N–H and O–H groups in total. The van der Waals surface area contributed by atoms with Crippen LogP contribution in [-0.4, -0.2) is 34.6 Å². The molecule has 0 spiro atoms. The largest absolute Gasteiger partial charge is 0.481 e. The quantitative estimate of drug-likeness (QED) is 0.519. The fourth-order valence-corrected chi connectivity index (χ4v) is 0.618. The van der Waals surface area contributed by atoms with Crippen LogP contribution >= 0.6 is 0 Å². The fraction of sp³-hybridized carbons (Fsp3) is 0.571. The first-order valence-electron chi connectivity index (χ1n) is 3.72. The van der Waals surface area contributed by atoms with Crippen LogP contribution in [-0.2, 0) is 14.4 Å². The van der Waals surface area contributed by atoms with E-state index in [0.717, 1.165) is 0 Å². The highest BCUT2D eigenvalue weighted by Crippen LogP contribution is 1.88. The zero-order chi connectivity index (χ0) is 10.3. The molecule has 0 atom stereocenters. The Balaban J connectivity index is 3.41. The van der Waals surface area contributed by atoms with E-state index in [0.29, 0.717) is 0 Å². The second kappa shape index (κ2) is 5.99. The first kappa shape index (κ1) is 11.4. The smallest absolute Gasteiger partial charge is 0.305 e. The van der Waals surface area contributed by atoms with Crippen molar-refractivity contribution in [2.45, 2.75) is 19.3 Å². The van der Waals surface area contributed by atoms with Gasteiger partial charge in [-0.2, -0.15) is 0 Å². The van der Waals surface area contributed by atoms with Crippen LogP contribution in [0.5, 0.6) is 0 Å². The van der Waals surface area contributed by atoms with Gasteiger partial charge < -0.3 is 15.5 Å². The summed E-state index contributed by atoms with van der Waals surface area (Å²) in [5.74, 6) is -2.49. The molecule has 0 aliphatic rings. The molecule has 6 nitrogen and oxygen atoms in total. The molecule has 0 aliphatic carbocycles. The lowest BCUT2D eigenvalue weighted by Crippen LogP contribution is -2.26. The summed E-state index contributed by atoms with van der Waals surface area (Å²) in [5.41, 5.74) is 0. The molecule has 0 aliphatic heterocycles. The van der Waals surface area contributed by atoms with Crippen molar-refractivity contribution in [3.05, 3.63) is 0 Å². The van der Waals surface area contributed by atoms with Gasteiger partial charge in [0.2, 0.25) is 5.91 Å². The summed E-state index contributed by atoms with van der Waals surface area (Å²) in [7, 11) is 0. The first-order chi connectivity index (χ1) is 6.02. The highest BCUT2D eigenvalue weighted by Gasteiger charge is 2.05. The minimum absolute atomic E-state index is 0.0355. The molecule has 0 rings (SSSR count). The van der Waals surface area contributed by atoms with E-state index >= 15 is 0 Å². The molecule has 0 heterocycles. The molecule has 0 unspecified atom stereocenters. The number of amides is 1. The number of hydrogen-bond acceptors (Lipinski definition) is 3. The van der Waals surface area contributed by atoms with Crippen LogP contribution in [0.4, 0.5) is 0 Å². The normalized spacial score (nSPS) is 9.23. The zero-order valence-electron chi connectivity index (χ0n) is 6.95. The monoisotopic (exact) mass is 189 g/mol. The molecule has 0 saturated carbocycles. The second-order valence-electron chi connectivity index (χ2n) is 2.39. The molecule has 1 amide bonds. The van der Waals surface area contributed by atoms with E-state index in [1.165, 1.54) is 0 Å². The van der Waals surface area contributed by atoms with Gasteiger partial charge in [0.25, 0.3) is 0 Å². The molecule has 0 bridgehead atoms. The number of nitrogens with one attached hydrogen (secondary N) is 1. The van der Waals surface area contributed by atoms with Gasteiger partial charge in [-0.3, -0.25) is 14.4 Å². The Morgan fingerprint density at radius 3 is 1.92 bits per heavy atom. The van der Waals surface area contributed by atoms with Crippen LogP contribution in [0.1, 0.15) is 19.3 Å². The molecular weight excluding hydrogens is 178 g/mol. The lowest BCUT2D eigenvalue weighted by molar-refractivity contribution is -0.139. The van der Waals surface area contributed by atoms with Crippen molar-refractivity contribution in [1.82, 2.24) is 5.32 Å². The summed E-state index contributed by atoms with van der Waals surface area (Å²) in [6.07, 6.45) is -0.507. The lowest BCUT2D eigenvalue weighted by atomic mass is 10.3. The summed E-state index contributed by atoms with van der Waals surface area (Å²) in [5, 5.41) is 18.7. The third kappa shape index (κ3) is 8.32. The van der Waals surface area contributed by atoms with Crippen LogP contribution in [0.2, 0.25) is 0 Å². The van der Waals surface area contributed by atoms with Crippen molar-refractivity contribution in [2.75, 3.05) is 6.54 Å². The Kier molecular flexibility index (Phi) is 5.25. The maximum Gasteiger partial charge on any atom is 0.305 e. The molecule has 0 aromatic heterocycles. The number of carbonyl (C=O) groups excluding carboxylic acids is 1. The van der Waals surface area contributed by atoms with Gasteiger partial charge in [-0.25, -0.2) is 0 Å². The number of carboxylic acid groups (broad SMARTS) is 2. The number of hydrogen-bond donors (Lipinski definition) is 3. The van der Waals surface area contributed by atoms with E-state index in [1.807, 2.05) is 0 Å². The molecule has 0 aromatic rings. The van der Waals surface area contributed by atoms with E-state index < -0.39 is 17.8 Å². The third-order valence-corrected chi connectivity index (χ3v) is 1.23. The van der Waals surface area contributed by atoms with Crippen LogP contribution in [0.3, 0.4) is 0 Å². The maximum absolute atomic E-state index is 10.8. The topological polar surface area (TPSA) is 104 Å². The van der Waals surface area contributed by atoms with Gasteiger partial charge in [0.15, 0.2) is 0 Å². The van der Waals surface area contributed by atoms with E-state index in [4.69, 9.17) is 10.2 Å². The zero-order valence-corrected chi connectivity index (χ0v) is 6.95. The van der Waals surface area contributed by atoms with Crippen LogP contribution in [0.15, 0.2) is 0 Å². The summed E-state index contributed by atoms with van der Waals surface area (Å²) < 4.78 is 0. The Bertz CT molecular complexity index is 213. The predicted molar refractivity (Wildman–Crippen MR) is 42.1 cm³/mol. The standard InChI is InChI=1S/C7H11NO5/c9-5(1-2-6(10)11)8-4-3-7(12)13/h1-4H2,(H,8,9)(H,10,11)(H,12,13). The van der Waals surface area contributed by atoms with Gasteiger partial charge >= 0.3 is 11.9 Å². The van der Waals surface area contributed by atoms with Crippen molar-refractivity contribution in [3.8, 4) is 0 Å². The average molecular weight is 189 g/mol. The van der Waals surface area contributed by atoms with Gasteiger partial charge in [0, 0.05) is 13.0 Å². The van der Waals surface area contributed by atoms with Crippen molar-refractivity contribution in [2.24, 2.45) is 0 Å². The predicted octanol–water partition coefficient (Wildman–Crippen LogP) is -0.558. The molecule has 13 heavy (non-hydrogen) atoms.